The maximum Gasteiger partial charge on any atom is 0.130 e. The summed E-state index contributed by atoms with van der Waals surface area (Å²) in [5.74, 6) is 0. The molecule has 7 aromatic rings. The Labute approximate surface area is 251 Å². The Morgan fingerprint density at radius 3 is 1.93 bits per heavy atom. The predicted octanol–water partition coefficient (Wildman–Crippen LogP) is 11.1. The highest BCUT2D eigenvalue weighted by molar-refractivity contribution is 6.18. The van der Waals surface area contributed by atoms with E-state index in [0.717, 1.165) is 5.69 Å². The molecule has 2 heteroatoms. The molecule has 2 nitrogen and oxygen atoms in total. The van der Waals surface area contributed by atoms with Crippen LogP contribution in [0.2, 0.25) is 0 Å². The molecule has 0 spiro atoms. The van der Waals surface area contributed by atoms with Crippen LogP contribution >= 0.6 is 0 Å². The van der Waals surface area contributed by atoms with Crippen molar-refractivity contribution in [2.75, 3.05) is 10.2 Å². The molecule has 1 N–H and O–H groups in total. The third-order valence-corrected chi connectivity index (χ3v) is 9.03. The number of benzene rings is 7. The van der Waals surface area contributed by atoms with Crippen LogP contribution in [0.15, 0.2) is 158 Å². The fourth-order valence-corrected chi connectivity index (χ4v) is 7.05. The minimum absolute atomic E-state index is 0.0335. The van der Waals surface area contributed by atoms with Crippen molar-refractivity contribution in [1.29, 1.82) is 0 Å². The minimum Gasteiger partial charge on any atom is -0.359 e. The van der Waals surface area contributed by atoms with Gasteiger partial charge < -0.3 is 10.2 Å². The van der Waals surface area contributed by atoms with E-state index in [9.17, 15) is 0 Å². The Bertz CT molecular complexity index is 2130. The van der Waals surface area contributed by atoms with E-state index in [2.05, 4.69) is 168 Å². The van der Waals surface area contributed by atoms with Crippen molar-refractivity contribution < 1.29 is 0 Å². The summed E-state index contributed by atoms with van der Waals surface area (Å²) in [6, 6.07) is 57.3. The predicted molar refractivity (Wildman–Crippen MR) is 181 cm³/mol. The zero-order valence-electron chi connectivity index (χ0n) is 23.5. The number of fused-ring (bicyclic) bond motifs is 4. The second-order valence-electron chi connectivity index (χ2n) is 11.4. The first-order valence-electron chi connectivity index (χ1n) is 14.9. The largest absolute Gasteiger partial charge is 0.359 e. The maximum atomic E-state index is 3.74. The van der Waals surface area contributed by atoms with Crippen LogP contribution in [0.3, 0.4) is 0 Å². The molecule has 1 heterocycles. The van der Waals surface area contributed by atoms with Gasteiger partial charge in [-0.05, 0) is 85.1 Å². The molecule has 1 aliphatic carbocycles. The van der Waals surface area contributed by atoms with Gasteiger partial charge in [-0.2, -0.15) is 0 Å². The van der Waals surface area contributed by atoms with Crippen molar-refractivity contribution in [1.82, 2.24) is 0 Å². The maximum absolute atomic E-state index is 3.74. The molecule has 1 aliphatic heterocycles. The summed E-state index contributed by atoms with van der Waals surface area (Å²) in [4.78, 5) is 2.41. The molecule has 0 bridgehead atoms. The van der Waals surface area contributed by atoms with Gasteiger partial charge in [0.2, 0.25) is 0 Å². The second kappa shape index (κ2) is 9.47. The summed E-state index contributed by atoms with van der Waals surface area (Å²) >= 11 is 0. The number of para-hydroxylation sites is 2. The van der Waals surface area contributed by atoms with Crippen molar-refractivity contribution >= 4 is 27.8 Å². The van der Waals surface area contributed by atoms with Crippen molar-refractivity contribution in [2.45, 2.75) is 6.17 Å². The van der Waals surface area contributed by atoms with E-state index in [-0.39, 0.29) is 6.17 Å². The highest BCUT2D eigenvalue weighted by atomic mass is 15.3. The lowest BCUT2D eigenvalue weighted by molar-refractivity contribution is 0.828. The van der Waals surface area contributed by atoms with Gasteiger partial charge in [0.05, 0.1) is 11.4 Å². The molecule has 1 unspecified atom stereocenters. The summed E-state index contributed by atoms with van der Waals surface area (Å²) in [6.07, 6.45) is 0.0335. The number of nitrogens with zero attached hydrogens (tertiary/aromatic N) is 1. The second-order valence-corrected chi connectivity index (χ2v) is 11.4. The number of anilines is 3. The third kappa shape index (κ3) is 3.73. The van der Waals surface area contributed by atoms with Crippen LogP contribution in [0.25, 0.3) is 55.3 Å². The van der Waals surface area contributed by atoms with E-state index < -0.39 is 0 Å². The molecule has 0 radical (unpaired) electrons. The Morgan fingerprint density at radius 2 is 1.09 bits per heavy atom. The molecule has 0 aromatic heterocycles. The van der Waals surface area contributed by atoms with E-state index in [1.807, 2.05) is 0 Å². The molecule has 2 aliphatic rings. The van der Waals surface area contributed by atoms with Gasteiger partial charge in [0.15, 0.2) is 0 Å². The molecule has 7 aromatic carbocycles. The van der Waals surface area contributed by atoms with Crippen LogP contribution in [0.5, 0.6) is 0 Å². The molecule has 202 valence electrons. The number of rotatable bonds is 4. The van der Waals surface area contributed by atoms with Gasteiger partial charge >= 0.3 is 0 Å². The van der Waals surface area contributed by atoms with Crippen molar-refractivity contribution in [3.8, 4) is 44.5 Å². The molecule has 43 heavy (non-hydrogen) atoms. The Hall–Kier alpha value is -5.60. The van der Waals surface area contributed by atoms with Crippen molar-refractivity contribution in [3.63, 3.8) is 0 Å². The highest BCUT2D eigenvalue weighted by Crippen LogP contribution is 2.49. The Morgan fingerprint density at radius 1 is 0.442 bits per heavy atom. The lowest BCUT2D eigenvalue weighted by Gasteiger charge is -2.28. The van der Waals surface area contributed by atoms with Gasteiger partial charge in [0.25, 0.3) is 0 Å². The van der Waals surface area contributed by atoms with Crippen LogP contribution in [-0.4, -0.2) is 0 Å². The third-order valence-electron chi connectivity index (χ3n) is 9.03. The fraction of sp³-hybridized carbons (Fsp3) is 0.0244. The van der Waals surface area contributed by atoms with Gasteiger partial charge in [-0.15, -0.1) is 0 Å². The van der Waals surface area contributed by atoms with Gasteiger partial charge in [-0.3, -0.25) is 0 Å². The van der Waals surface area contributed by atoms with Gasteiger partial charge in [-0.1, -0.05) is 133 Å². The molecule has 0 saturated heterocycles. The Balaban J connectivity index is 1.09. The van der Waals surface area contributed by atoms with Crippen LogP contribution < -0.4 is 10.2 Å². The number of hydrogen-bond acceptors (Lipinski definition) is 2. The summed E-state index contributed by atoms with van der Waals surface area (Å²) in [5, 5.41) is 6.42. The summed E-state index contributed by atoms with van der Waals surface area (Å²) in [5.41, 5.74) is 15.0. The monoisotopic (exact) mass is 548 g/mol. The topological polar surface area (TPSA) is 15.3 Å². The smallest absolute Gasteiger partial charge is 0.130 e. The van der Waals surface area contributed by atoms with Crippen molar-refractivity contribution in [3.05, 3.63) is 163 Å². The zero-order chi connectivity index (χ0) is 28.3. The van der Waals surface area contributed by atoms with Crippen molar-refractivity contribution in [2.24, 2.45) is 0 Å². The van der Waals surface area contributed by atoms with Gasteiger partial charge in [0, 0.05) is 5.69 Å². The molecular formula is C41H28N2. The van der Waals surface area contributed by atoms with Crippen LogP contribution in [0.4, 0.5) is 17.1 Å². The first-order chi connectivity index (χ1) is 21.3. The van der Waals surface area contributed by atoms with E-state index in [1.165, 1.54) is 72.2 Å². The average molecular weight is 549 g/mol. The SMILES string of the molecule is c1ccc(C2Nc3ccccc3N2c2cccc(-c3ccc(-c4ccc5c6c(cccc46)-c4ccccc4-5)cc3)c2)cc1. The standard InChI is InChI=1S/C41H28N2/c1-2-10-29(11-3-1)41-42-38-18-6-7-19-39(38)43(41)31-13-8-12-30(26-31)27-20-22-28(23-21-27)32-24-25-37-34-15-5-4-14-33(34)36-17-9-16-35(32)40(36)37/h1-26,41-42H. The molecule has 0 saturated carbocycles. The lowest BCUT2D eigenvalue weighted by Crippen LogP contribution is -2.23. The normalized spacial score (nSPS) is 14.4. The first-order valence-corrected chi connectivity index (χ1v) is 14.9. The molecule has 0 fully saturated rings. The summed E-state index contributed by atoms with van der Waals surface area (Å²) in [7, 11) is 0. The van der Waals surface area contributed by atoms with Crippen LogP contribution in [0.1, 0.15) is 11.7 Å². The molecule has 0 amide bonds. The molecule has 9 rings (SSSR count). The Kier molecular flexibility index (Phi) is 5.30. The average Bonchev–Trinajstić information content (AvgIpc) is 3.63. The van der Waals surface area contributed by atoms with Gasteiger partial charge in [0.1, 0.15) is 6.17 Å². The molecule has 1 atom stereocenters. The summed E-state index contributed by atoms with van der Waals surface area (Å²) in [6.45, 7) is 0. The van der Waals surface area contributed by atoms with E-state index in [1.54, 1.807) is 0 Å². The fourth-order valence-electron chi connectivity index (χ4n) is 7.05. The van der Waals surface area contributed by atoms with Crippen LogP contribution in [0, 0.1) is 0 Å². The zero-order valence-corrected chi connectivity index (χ0v) is 23.5. The quantitative estimate of drug-likeness (QED) is 0.235. The van der Waals surface area contributed by atoms with Gasteiger partial charge in [-0.25, -0.2) is 0 Å². The number of hydrogen-bond donors (Lipinski definition) is 1. The van der Waals surface area contributed by atoms with E-state index >= 15 is 0 Å². The van der Waals surface area contributed by atoms with E-state index in [0.29, 0.717) is 0 Å². The highest BCUT2D eigenvalue weighted by Gasteiger charge is 2.31. The minimum atomic E-state index is 0.0335. The number of nitrogens with one attached hydrogen (secondary N) is 1. The summed E-state index contributed by atoms with van der Waals surface area (Å²) < 4.78 is 0. The lowest BCUT2D eigenvalue weighted by atomic mass is 9.93. The molecular weight excluding hydrogens is 520 g/mol. The first kappa shape index (κ1) is 24.0. The van der Waals surface area contributed by atoms with Crippen LogP contribution in [-0.2, 0) is 0 Å². The van der Waals surface area contributed by atoms with E-state index in [4.69, 9.17) is 0 Å².